The molecular formula is C33H57N3O4. The average Bonchev–Trinajstić information content (AvgIpc) is 2.86. The van der Waals surface area contributed by atoms with Crippen molar-refractivity contribution in [3.63, 3.8) is 0 Å². The van der Waals surface area contributed by atoms with Crippen LogP contribution in [0.4, 0.5) is 4.79 Å². The number of hydrogen-bond acceptors (Lipinski definition) is 4. The van der Waals surface area contributed by atoms with Crippen molar-refractivity contribution in [2.75, 3.05) is 6.54 Å². The van der Waals surface area contributed by atoms with E-state index in [4.69, 9.17) is 4.74 Å². The summed E-state index contributed by atoms with van der Waals surface area (Å²) < 4.78 is 5.53. The number of nitrogens with one attached hydrogen (secondary N) is 2. The number of benzene rings is 1. The lowest BCUT2D eigenvalue weighted by atomic mass is 9.92. The SMILES string of the molecule is CCCCCNC(=O)C(c1ccc(C)c(C)c1)N(C(=O)C(NC(=O)OC(C)(C)C)C(C)CC)C(C)CCC(C)C. The molecule has 0 aliphatic heterocycles. The van der Waals surface area contributed by atoms with Crippen LogP contribution in [0, 0.1) is 25.7 Å². The minimum atomic E-state index is -0.830. The molecule has 1 rings (SSSR count). The lowest BCUT2D eigenvalue weighted by Crippen LogP contribution is -2.57. The highest BCUT2D eigenvalue weighted by molar-refractivity contribution is 5.92. The van der Waals surface area contributed by atoms with E-state index in [2.05, 4.69) is 31.4 Å². The molecule has 1 aromatic rings. The van der Waals surface area contributed by atoms with E-state index in [0.717, 1.165) is 48.8 Å². The first-order valence-corrected chi connectivity index (χ1v) is 15.3. The van der Waals surface area contributed by atoms with E-state index in [1.807, 2.05) is 52.8 Å². The third kappa shape index (κ3) is 11.5. The normalized spacial score (nSPS) is 14.7. The smallest absolute Gasteiger partial charge is 0.408 e. The summed E-state index contributed by atoms with van der Waals surface area (Å²) >= 11 is 0. The fraction of sp³-hybridized carbons (Fsp3) is 0.727. The molecule has 228 valence electrons. The van der Waals surface area contributed by atoms with E-state index < -0.39 is 23.8 Å². The van der Waals surface area contributed by atoms with Gasteiger partial charge in [-0.1, -0.05) is 72.1 Å². The maximum Gasteiger partial charge on any atom is 0.408 e. The van der Waals surface area contributed by atoms with E-state index >= 15 is 0 Å². The van der Waals surface area contributed by atoms with Gasteiger partial charge in [-0.05, 0) is 89.3 Å². The van der Waals surface area contributed by atoms with Crippen LogP contribution in [0.25, 0.3) is 0 Å². The van der Waals surface area contributed by atoms with Crippen LogP contribution in [0.2, 0.25) is 0 Å². The number of ether oxygens (including phenoxy) is 1. The number of carbonyl (C=O) groups excluding carboxylic acids is 3. The number of rotatable bonds is 15. The van der Waals surface area contributed by atoms with Crippen LogP contribution < -0.4 is 10.6 Å². The summed E-state index contributed by atoms with van der Waals surface area (Å²) in [6.07, 6.45) is 4.67. The molecule has 0 bridgehead atoms. The van der Waals surface area contributed by atoms with Gasteiger partial charge < -0.3 is 20.3 Å². The van der Waals surface area contributed by atoms with E-state index in [-0.39, 0.29) is 23.8 Å². The van der Waals surface area contributed by atoms with Gasteiger partial charge in [0.1, 0.15) is 17.7 Å². The molecule has 2 N–H and O–H groups in total. The summed E-state index contributed by atoms with van der Waals surface area (Å²) in [5, 5.41) is 5.98. The van der Waals surface area contributed by atoms with Gasteiger partial charge in [0.2, 0.25) is 11.8 Å². The first kappa shape index (κ1) is 35.5. The Morgan fingerprint density at radius 3 is 2.12 bits per heavy atom. The maximum absolute atomic E-state index is 14.6. The van der Waals surface area contributed by atoms with Crippen molar-refractivity contribution in [2.24, 2.45) is 11.8 Å². The summed E-state index contributed by atoms with van der Waals surface area (Å²) in [4.78, 5) is 43.1. The van der Waals surface area contributed by atoms with Gasteiger partial charge in [0.25, 0.3) is 0 Å². The molecule has 7 heteroatoms. The molecule has 0 saturated carbocycles. The molecule has 0 radical (unpaired) electrons. The van der Waals surface area contributed by atoms with Crippen LogP contribution in [-0.4, -0.2) is 47.0 Å². The summed E-state index contributed by atoms with van der Waals surface area (Å²) in [7, 11) is 0. The molecule has 3 amide bonds. The van der Waals surface area contributed by atoms with Gasteiger partial charge in [0.15, 0.2) is 0 Å². The van der Waals surface area contributed by atoms with E-state index in [9.17, 15) is 14.4 Å². The van der Waals surface area contributed by atoms with Crippen molar-refractivity contribution in [3.05, 3.63) is 34.9 Å². The minimum absolute atomic E-state index is 0.159. The highest BCUT2D eigenvalue weighted by Crippen LogP contribution is 2.30. The number of hydrogen-bond donors (Lipinski definition) is 2. The first-order valence-electron chi connectivity index (χ1n) is 15.3. The second-order valence-electron chi connectivity index (χ2n) is 12.8. The number of unbranched alkanes of at least 4 members (excludes halogenated alkanes) is 2. The number of nitrogens with zero attached hydrogens (tertiary/aromatic N) is 1. The standard InChI is InChI=1S/C33H57N3O4/c1-12-14-15-20-34-30(37)29(27-19-17-24(6)25(7)21-27)36(26(8)18-16-22(3)4)31(38)28(23(5)13-2)35-32(39)40-33(9,10)11/h17,19,21-23,26,28-29H,12-16,18,20H2,1-11H3,(H,34,37)(H,35,39). The molecule has 0 saturated heterocycles. The van der Waals surface area contributed by atoms with Gasteiger partial charge in [-0.2, -0.15) is 0 Å². The minimum Gasteiger partial charge on any atom is -0.444 e. The second kappa shape index (κ2) is 16.6. The van der Waals surface area contributed by atoms with E-state index in [0.29, 0.717) is 18.9 Å². The molecular weight excluding hydrogens is 502 g/mol. The van der Waals surface area contributed by atoms with Gasteiger partial charge in [0, 0.05) is 12.6 Å². The van der Waals surface area contributed by atoms with Crippen LogP contribution in [-0.2, 0) is 14.3 Å². The van der Waals surface area contributed by atoms with Gasteiger partial charge >= 0.3 is 6.09 Å². The lowest BCUT2D eigenvalue weighted by molar-refractivity contribution is -0.146. The zero-order chi connectivity index (χ0) is 30.6. The van der Waals surface area contributed by atoms with Crippen molar-refractivity contribution in [1.29, 1.82) is 0 Å². The van der Waals surface area contributed by atoms with Crippen LogP contribution in [0.1, 0.15) is 124 Å². The lowest BCUT2D eigenvalue weighted by Gasteiger charge is -2.40. The van der Waals surface area contributed by atoms with Crippen LogP contribution >= 0.6 is 0 Å². The Morgan fingerprint density at radius 2 is 1.60 bits per heavy atom. The van der Waals surface area contributed by atoms with Crippen LogP contribution in [0.15, 0.2) is 18.2 Å². The predicted octanol–water partition coefficient (Wildman–Crippen LogP) is 7.24. The van der Waals surface area contributed by atoms with Crippen molar-refractivity contribution < 1.29 is 19.1 Å². The molecule has 0 heterocycles. The third-order valence-electron chi connectivity index (χ3n) is 7.50. The molecule has 4 unspecified atom stereocenters. The maximum atomic E-state index is 14.6. The fourth-order valence-electron chi connectivity index (χ4n) is 4.65. The Hall–Kier alpha value is -2.57. The predicted molar refractivity (Wildman–Crippen MR) is 164 cm³/mol. The van der Waals surface area contributed by atoms with Gasteiger partial charge in [-0.25, -0.2) is 4.79 Å². The molecule has 40 heavy (non-hydrogen) atoms. The molecule has 7 nitrogen and oxygen atoms in total. The monoisotopic (exact) mass is 559 g/mol. The summed E-state index contributed by atoms with van der Waals surface area (Å²) in [5.74, 6) is -0.159. The van der Waals surface area contributed by atoms with Gasteiger partial charge in [-0.15, -0.1) is 0 Å². The van der Waals surface area contributed by atoms with Crippen molar-refractivity contribution >= 4 is 17.9 Å². The molecule has 0 aliphatic carbocycles. The topological polar surface area (TPSA) is 87.7 Å². The average molecular weight is 560 g/mol. The molecule has 4 atom stereocenters. The Kier molecular flexibility index (Phi) is 14.7. The highest BCUT2D eigenvalue weighted by atomic mass is 16.6. The second-order valence-corrected chi connectivity index (χ2v) is 12.8. The molecule has 0 fully saturated rings. The van der Waals surface area contributed by atoms with E-state index in [1.54, 1.807) is 25.7 Å². The zero-order valence-corrected chi connectivity index (χ0v) is 27.1. The third-order valence-corrected chi connectivity index (χ3v) is 7.50. The largest absolute Gasteiger partial charge is 0.444 e. The molecule has 0 aliphatic rings. The van der Waals surface area contributed by atoms with Gasteiger partial charge in [0.05, 0.1) is 0 Å². The Morgan fingerprint density at radius 1 is 0.950 bits per heavy atom. The zero-order valence-electron chi connectivity index (χ0n) is 27.1. The Labute approximate surface area is 244 Å². The number of aryl methyl sites for hydroxylation is 2. The fourth-order valence-corrected chi connectivity index (χ4v) is 4.65. The molecule has 0 spiro atoms. The summed E-state index contributed by atoms with van der Waals surface area (Å²) in [6, 6.07) is 4.10. The number of amides is 3. The quantitative estimate of drug-likeness (QED) is 0.222. The van der Waals surface area contributed by atoms with Gasteiger partial charge in [-0.3, -0.25) is 9.59 Å². The van der Waals surface area contributed by atoms with E-state index in [1.165, 1.54) is 0 Å². The highest BCUT2D eigenvalue weighted by Gasteiger charge is 2.40. The Bertz CT molecular complexity index is 954. The summed E-state index contributed by atoms with van der Waals surface area (Å²) in [6.45, 7) is 22.4. The molecule has 0 aromatic heterocycles. The molecule has 1 aromatic carbocycles. The first-order chi connectivity index (χ1) is 18.6. The number of carbonyl (C=O) groups is 3. The van der Waals surface area contributed by atoms with Crippen molar-refractivity contribution in [2.45, 2.75) is 138 Å². The van der Waals surface area contributed by atoms with Crippen LogP contribution in [0.3, 0.4) is 0 Å². The van der Waals surface area contributed by atoms with Crippen molar-refractivity contribution in [1.82, 2.24) is 15.5 Å². The van der Waals surface area contributed by atoms with Crippen molar-refractivity contribution in [3.8, 4) is 0 Å². The van der Waals surface area contributed by atoms with Crippen LogP contribution in [0.5, 0.6) is 0 Å². The summed E-state index contributed by atoms with van der Waals surface area (Å²) in [5.41, 5.74) is 2.27. The Balaban J connectivity index is 3.65. The number of alkyl carbamates (subject to hydrolysis) is 1.